The molecular weight excluding hydrogens is 396 g/mol. The molecule has 0 heterocycles. The minimum absolute atomic E-state index is 0.0183. The molecule has 1 unspecified atom stereocenters. The maximum Gasteiger partial charge on any atom is 0.182 e. The lowest BCUT2D eigenvalue weighted by Crippen LogP contribution is -2.10. The zero-order valence-corrected chi connectivity index (χ0v) is 18.2. The van der Waals surface area contributed by atoms with Gasteiger partial charge in [-0.3, -0.25) is 4.79 Å². The van der Waals surface area contributed by atoms with Gasteiger partial charge < -0.3 is 24.4 Å². The molecule has 0 aliphatic heterocycles. The number of carbonyl (C=O) groups excluding carboxylic acids is 1. The zero-order chi connectivity index (χ0) is 22.8. The number of hydrogen-bond acceptors (Lipinski definition) is 6. The number of aliphatic hydroxyl groups is 1. The number of methoxy groups -OCH3 is 2. The van der Waals surface area contributed by atoms with Crippen LogP contribution in [0, 0.1) is 0 Å². The Hall–Kier alpha value is -3.67. The van der Waals surface area contributed by atoms with Crippen molar-refractivity contribution in [3.63, 3.8) is 0 Å². The Labute approximate surface area is 182 Å². The number of benzene rings is 2. The number of phenols is 1. The minimum Gasteiger partial charge on any atom is -0.508 e. The van der Waals surface area contributed by atoms with Crippen LogP contribution >= 0.6 is 0 Å². The first-order chi connectivity index (χ1) is 14.9. The van der Waals surface area contributed by atoms with Crippen molar-refractivity contribution in [2.45, 2.75) is 26.4 Å². The summed E-state index contributed by atoms with van der Waals surface area (Å²) < 4.78 is 16.2. The Morgan fingerprint density at radius 2 is 1.58 bits per heavy atom. The number of ether oxygens (including phenoxy) is 3. The average Bonchev–Trinajstić information content (AvgIpc) is 2.77. The number of carbonyl (C=O) groups is 1. The second kappa shape index (κ2) is 11.5. The summed E-state index contributed by atoms with van der Waals surface area (Å²) in [6.07, 6.45) is 8.05. The molecule has 0 amide bonds. The van der Waals surface area contributed by atoms with Crippen LogP contribution in [0.25, 0.3) is 12.2 Å². The van der Waals surface area contributed by atoms with Gasteiger partial charge in [0, 0.05) is 6.08 Å². The molecule has 0 saturated heterocycles. The molecule has 1 atom stereocenters. The SMILES string of the molecule is CCC(C)Oc1ccc(/C=C/C(O)=CC(=O)/C=C/c2ccc(O)c(OC)c2)cc1OC. The topological polar surface area (TPSA) is 85.2 Å². The molecule has 0 aliphatic rings. The van der Waals surface area contributed by atoms with Crippen molar-refractivity contribution in [1.29, 1.82) is 0 Å². The van der Waals surface area contributed by atoms with Gasteiger partial charge in [0.15, 0.2) is 28.8 Å². The summed E-state index contributed by atoms with van der Waals surface area (Å²) in [6.45, 7) is 4.03. The summed E-state index contributed by atoms with van der Waals surface area (Å²) in [6, 6.07) is 10.2. The molecule has 0 saturated carbocycles. The highest BCUT2D eigenvalue weighted by atomic mass is 16.5. The third-order valence-corrected chi connectivity index (χ3v) is 4.47. The Bertz CT molecular complexity index is 988. The molecule has 2 aromatic carbocycles. The highest BCUT2D eigenvalue weighted by molar-refractivity contribution is 6.02. The van der Waals surface area contributed by atoms with Crippen LogP contribution in [-0.2, 0) is 4.79 Å². The van der Waals surface area contributed by atoms with E-state index in [1.807, 2.05) is 26.0 Å². The average molecular weight is 424 g/mol. The van der Waals surface area contributed by atoms with Crippen LogP contribution in [0.4, 0.5) is 0 Å². The zero-order valence-electron chi connectivity index (χ0n) is 18.2. The quantitative estimate of drug-likeness (QED) is 0.305. The van der Waals surface area contributed by atoms with E-state index in [0.717, 1.165) is 18.1 Å². The van der Waals surface area contributed by atoms with Gasteiger partial charge in [-0.1, -0.05) is 31.2 Å². The summed E-state index contributed by atoms with van der Waals surface area (Å²) in [5.74, 6) is 1.01. The first-order valence-electron chi connectivity index (χ1n) is 9.88. The molecule has 0 fully saturated rings. The van der Waals surface area contributed by atoms with Crippen molar-refractivity contribution in [2.24, 2.45) is 0 Å². The molecule has 2 N–H and O–H groups in total. The van der Waals surface area contributed by atoms with Gasteiger partial charge in [0.1, 0.15) is 5.76 Å². The van der Waals surface area contributed by atoms with Gasteiger partial charge in [-0.15, -0.1) is 0 Å². The maximum atomic E-state index is 12.1. The van der Waals surface area contributed by atoms with E-state index < -0.39 is 0 Å². The number of ketones is 1. The molecule has 0 spiro atoms. The fraction of sp³-hybridized carbons (Fsp3) is 0.240. The number of aromatic hydroxyl groups is 1. The van der Waals surface area contributed by atoms with Crippen LogP contribution in [0.1, 0.15) is 31.4 Å². The van der Waals surface area contributed by atoms with Crippen molar-refractivity contribution < 1.29 is 29.2 Å². The third kappa shape index (κ3) is 7.26. The van der Waals surface area contributed by atoms with Crippen LogP contribution in [-0.4, -0.2) is 36.3 Å². The van der Waals surface area contributed by atoms with E-state index in [1.165, 1.54) is 25.3 Å². The summed E-state index contributed by atoms with van der Waals surface area (Å²) in [7, 11) is 3.01. The lowest BCUT2D eigenvalue weighted by atomic mass is 10.1. The monoisotopic (exact) mass is 424 g/mol. The molecule has 164 valence electrons. The van der Waals surface area contributed by atoms with E-state index in [2.05, 4.69) is 0 Å². The van der Waals surface area contributed by atoms with E-state index in [0.29, 0.717) is 22.8 Å². The second-order valence-corrected chi connectivity index (χ2v) is 6.82. The van der Waals surface area contributed by atoms with Gasteiger partial charge in [0.05, 0.1) is 20.3 Å². The van der Waals surface area contributed by atoms with Crippen molar-refractivity contribution in [2.75, 3.05) is 14.2 Å². The molecule has 2 rings (SSSR count). The number of phenolic OH excluding ortho intramolecular Hbond substituents is 1. The van der Waals surface area contributed by atoms with Gasteiger partial charge in [-0.25, -0.2) is 0 Å². The molecule has 0 aliphatic carbocycles. The minimum atomic E-state index is -0.385. The number of allylic oxidation sites excluding steroid dienone is 3. The van der Waals surface area contributed by atoms with E-state index in [-0.39, 0.29) is 23.4 Å². The van der Waals surface area contributed by atoms with Crippen molar-refractivity contribution in [3.8, 4) is 23.0 Å². The Kier molecular flexibility index (Phi) is 8.76. The summed E-state index contributed by atoms with van der Waals surface area (Å²) in [4.78, 5) is 12.1. The van der Waals surface area contributed by atoms with E-state index >= 15 is 0 Å². The van der Waals surface area contributed by atoms with Crippen LogP contribution in [0.5, 0.6) is 23.0 Å². The Balaban J connectivity index is 2.06. The molecule has 0 radical (unpaired) electrons. The number of aliphatic hydroxyl groups excluding tert-OH is 1. The van der Waals surface area contributed by atoms with Gasteiger partial charge in [0.25, 0.3) is 0 Å². The molecule has 6 heteroatoms. The molecule has 0 bridgehead atoms. The van der Waals surface area contributed by atoms with Crippen molar-refractivity contribution in [3.05, 3.63) is 71.5 Å². The molecule has 6 nitrogen and oxygen atoms in total. The predicted octanol–water partition coefficient (Wildman–Crippen LogP) is 5.32. The molecule has 2 aromatic rings. The normalized spacial score (nSPS) is 12.8. The Morgan fingerprint density at radius 1 is 0.968 bits per heavy atom. The third-order valence-electron chi connectivity index (χ3n) is 4.47. The first kappa shape index (κ1) is 23.6. The highest BCUT2D eigenvalue weighted by Crippen LogP contribution is 2.30. The summed E-state index contributed by atoms with van der Waals surface area (Å²) >= 11 is 0. The van der Waals surface area contributed by atoms with Crippen LogP contribution in [0.15, 0.2) is 60.4 Å². The van der Waals surface area contributed by atoms with E-state index in [4.69, 9.17) is 14.2 Å². The Morgan fingerprint density at radius 3 is 2.23 bits per heavy atom. The lowest BCUT2D eigenvalue weighted by Gasteiger charge is -2.15. The second-order valence-electron chi connectivity index (χ2n) is 6.82. The standard InChI is InChI=1S/C25H28O6/c1-5-17(2)31-23-13-9-19(15-25(23)30-4)7-11-21(27)16-20(26)10-6-18-8-12-22(28)24(14-18)29-3/h6-17,27-28H,5H2,1-4H3/b10-6+,11-7+,21-16?. The fourth-order valence-corrected chi connectivity index (χ4v) is 2.59. The summed E-state index contributed by atoms with van der Waals surface area (Å²) in [5, 5.41) is 19.6. The van der Waals surface area contributed by atoms with E-state index in [9.17, 15) is 15.0 Å². The van der Waals surface area contributed by atoms with Gasteiger partial charge in [0.2, 0.25) is 0 Å². The summed E-state index contributed by atoms with van der Waals surface area (Å²) in [5.41, 5.74) is 1.46. The lowest BCUT2D eigenvalue weighted by molar-refractivity contribution is -0.110. The van der Waals surface area contributed by atoms with E-state index in [1.54, 1.807) is 37.5 Å². The largest absolute Gasteiger partial charge is 0.508 e. The van der Waals surface area contributed by atoms with Crippen molar-refractivity contribution in [1.82, 2.24) is 0 Å². The van der Waals surface area contributed by atoms with Gasteiger partial charge in [-0.2, -0.15) is 0 Å². The molecular formula is C25H28O6. The highest BCUT2D eigenvalue weighted by Gasteiger charge is 2.08. The molecule has 31 heavy (non-hydrogen) atoms. The van der Waals surface area contributed by atoms with Crippen LogP contribution < -0.4 is 14.2 Å². The smallest absolute Gasteiger partial charge is 0.182 e. The van der Waals surface area contributed by atoms with Crippen LogP contribution in [0.3, 0.4) is 0 Å². The predicted molar refractivity (Wildman–Crippen MR) is 122 cm³/mol. The van der Waals surface area contributed by atoms with Crippen molar-refractivity contribution >= 4 is 17.9 Å². The number of hydrogen-bond donors (Lipinski definition) is 2. The molecule has 0 aromatic heterocycles. The fourth-order valence-electron chi connectivity index (χ4n) is 2.59. The first-order valence-corrected chi connectivity index (χ1v) is 9.88. The van der Waals surface area contributed by atoms with Crippen LogP contribution in [0.2, 0.25) is 0 Å². The number of rotatable bonds is 10. The maximum absolute atomic E-state index is 12.1. The van der Waals surface area contributed by atoms with Gasteiger partial charge >= 0.3 is 0 Å². The van der Waals surface area contributed by atoms with Gasteiger partial charge in [-0.05, 0) is 60.9 Å².